The van der Waals surface area contributed by atoms with Crippen molar-refractivity contribution in [3.05, 3.63) is 0 Å². The molecule has 0 N–H and O–H groups in total. The molecule has 5 heteroatoms. The van der Waals surface area contributed by atoms with Gasteiger partial charge in [-0.1, -0.05) is 15.9 Å². The molecule has 1 unspecified atom stereocenters. The average Bonchev–Trinajstić information content (AvgIpc) is 2.36. The van der Waals surface area contributed by atoms with Gasteiger partial charge in [0.25, 0.3) is 0 Å². The minimum Gasteiger partial charge on any atom is -0.211 e. The van der Waals surface area contributed by atoms with E-state index in [1.807, 2.05) is 6.92 Å². The van der Waals surface area contributed by atoms with Gasteiger partial charge in [-0.2, -0.15) is 4.31 Å². The van der Waals surface area contributed by atoms with Crippen LogP contribution in [0.25, 0.3) is 0 Å². The van der Waals surface area contributed by atoms with Gasteiger partial charge in [0.15, 0.2) is 0 Å². The average molecular weight is 242 g/mol. The lowest BCUT2D eigenvalue weighted by atomic mass is 10.3. The van der Waals surface area contributed by atoms with Crippen molar-refractivity contribution in [3.63, 3.8) is 0 Å². The normalized spacial score (nSPS) is 27.6. The summed E-state index contributed by atoms with van der Waals surface area (Å²) in [6.07, 6.45) is 1.99. The Kier molecular flexibility index (Phi) is 2.94. The monoisotopic (exact) mass is 241 g/mol. The summed E-state index contributed by atoms with van der Waals surface area (Å²) in [5.74, 6) is 0. The Morgan fingerprint density at radius 1 is 1.64 bits per heavy atom. The summed E-state index contributed by atoms with van der Waals surface area (Å²) < 4.78 is 24.2. The van der Waals surface area contributed by atoms with Crippen LogP contribution in [0.1, 0.15) is 19.8 Å². The fraction of sp³-hybridized carbons (Fsp3) is 1.00. The van der Waals surface area contributed by atoms with E-state index in [0.29, 0.717) is 6.54 Å². The first kappa shape index (κ1) is 9.48. The van der Waals surface area contributed by atoms with Crippen LogP contribution < -0.4 is 0 Å². The van der Waals surface area contributed by atoms with Crippen molar-refractivity contribution < 1.29 is 8.42 Å². The highest BCUT2D eigenvalue weighted by atomic mass is 79.9. The van der Waals surface area contributed by atoms with E-state index < -0.39 is 10.0 Å². The number of alkyl halides is 1. The molecule has 0 aromatic rings. The second-order valence-corrected chi connectivity index (χ2v) is 6.05. The number of hydrogen-bond acceptors (Lipinski definition) is 2. The molecular weight excluding hydrogens is 230 g/mol. The van der Waals surface area contributed by atoms with E-state index in [-0.39, 0.29) is 10.7 Å². The molecule has 66 valence electrons. The van der Waals surface area contributed by atoms with Crippen LogP contribution in [0.4, 0.5) is 0 Å². The first-order chi connectivity index (χ1) is 5.08. The lowest BCUT2D eigenvalue weighted by Crippen LogP contribution is -2.34. The van der Waals surface area contributed by atoms with Crippen LogP contribution in [0.15, 0.2) is 0 Å². The molecule has 0 aliphatic carbocycles. The molecule has 3 nitrogen and oxygen atoms in total. The van der Waals surface area contributed by atoms with Crippen LogP contribution in [0.3, 0.4) is 0 Å². The summed E-state index contributed by atoms with van der Waals surface area (Å²) in [6.45, 7) is 2.64. The van der Waals surface area contributed by atoms with Gasteiger partial charge in [0.05, 0.1) is 0 Å². The van der Waals surface area contributed by atoms with Crippen LogP contribution in [0, 0.1) is 0 Å². The van der Waals surface area contributed by atoms with E-state index >= 15 is 0 Å². The molecule has 1 aliphatic rings. The molecule has 11 heavy (non-hydrogen) atoms. The summed E-state index contributed by atoms with van der Waals surface area (Å²) in [6, 6.07) is 0.192. The first-order valence-electron chi connectivity index (χ1n) is 3.63. The van der Waals surface area contributed by atoms with Crippen molar-refractivity contribution in [3.8, 4) is 0 Å². The van der Waals surface area contributed by atoms with Gasteiger partial charge in [0.1, 0.15) is 4.66 Å². The Bertz CT molecular complexity index is 227. The van der Waals surface area contributed by atoms with Crippen LogP contribution in [0.2, 0.25) is 0 Å². The minimum atomic E-state index is -3.00. The SMILES string of the molecule is CC1CCCN1S(=O)(=O)CBr. The summed E-state index contributed by atoms with van der Waals surface area (Å²) in [5, 5.41) is 0. The van der Waals surface area contributed by atoms with Crippen molar-refractivity contribution in [1.82, 2.24) is 4.31 Å². The molecule has 1 heterocycles. The van der Waals surface area contributed by atoms with Crippen molar-refractivity contribution >= 4 is 26.0 Å². The van der Waals surface area contributed by atoms with Gasteiger partial charge in [0.2, 0.25) is 10.0 Å². The van der Waals surface area contributed by atoms with Gasteiger partial charge >= 0.3 is 0 Å². The number of rotatable bonds is 2. The zero-order chi connectivity index (χ0) is 8.48. The van der Waals surface area contributed by atoms with Crippen LogP contribution in [0.5, 0.6) is 0 Å². The molecule has 0 radical (unpaired) electrons. The Hall–Kier alpha value is 0.390. The molecule has 1 rings (SSSR count). The van der Waals surface area contributed by atoms with Crippen molar-refractivity contribution in [1.29, 1.82) is 0 Å². The predicted octanol–water partition coefficient (Wildman–Crippen LogP) is 1.15. The van der Waals surface area contributed by atoms with Gasteiger partial charge in [-0.3, -0.25) is 0 Å². The highest BCUT2D eigenvalue weighted by Gasteiger charge is 2.29. The molecule has 0 aromatic heterocycles. The van der Waals surface area contributed by atoms with Crippen LogP contribution in [-0.2, 0) is 10.0 Å². The van der Waals surface area contributed by atoms with E-state index in [1.54, 1.807) is 4.31 Å². The lowest BCUT2D eigenvalue weighted by Gasteiger charge is -2.18. The molecule has 1 aliphatic heterocycles. The smallest absolute Gasteiger partial charge is 0.211 e. The van der Waals surface area contributed by atoms with Crippen LogP contribution >= 0.6 is 15.9 Å². The summed E-state index contributed by atoms with van der Waals surface area (Å²) in [4.78, 5) is 0. The van der Waals surface area contributed by atoms with Gasteiger partial charge in [-0.25, -0.2) is 8.42 Å². The van der Waals surface area contributed by atoms with E-state index in [2.05, 4.69) is 15.9 Å². The molecule has 1 fully saturated rings. The second-order valence-electron chi connectivity index (χ2n) is 2.82. The van der Waals surface area contributed by atoms with Gasteiger partial charge < -0.3 is 0 Å². The van der Waals surface area contributed by atoms with Crippen molar-refractivity contribution in [2.75, 3.05) is 11.2 Å². The maximum absolute atomic E-state index is 11.3. The summed E-state index contributed by atoms with van der Waals surface area (Å²) in [7, 11) is -3.00. The van der Waals surface area contributed by atoms with Crippen LogP contribution in [-0.4, -0.2) is 30.0 Å². The molecule has 1 atom stereocenters. The standard InChI is InChI=1S/C6H12BrNO2S/c1-6-3-2-4-8(6)11(9,10)5-7/h6H,2-5H2,1H3. The minimum absolute atomic E-state index is 0.0460. The lowest BCUT2D eigenvalue weighted by molar-refractivity contribution is 0.411. The third-order valence-corrected chi connectivity index (χ3v) is 5.26. The van der Waals surface area contributed by atoms with E-state index in [4.69, 9.17) is 0 Å². The van der Waals surface area contributed by atoms with Crippen molar-refractivity contribution in [2.45, 2.75) is 25.8 Å². The number of nitrogens with zero attached hydrogens (tertiary/aromatic N) is 1. The molecule has 0 saturated carbocycles. The Morgan fingerprint density at radius 3 is 2.64 bits per heavy atom. The molecule has 0 bridgehead atoms. The Morgan fingerprint density at radius 2 is 2.27 bits per heavy atom. The number of hydrogen-bond donors (Lipinski definition) is 0. The quantitative estimate of drug-likeness (QED) is 0.681. The zero-order valence-electron chi connectivity index (χ0n) is 6.46. The van der Waals surface area contributed by atoms with E-state index in [0.717, 1.165) is 12.8 Å². The maximum Gasteiger partial charge on any atom is 0.224 e. The predicted molar refractivity (Wildman–Crippen MR) is 48.1 cm³/mol. The molecular formula is C6H12BrNO2S. The third-order valence-electron chi connectivity index (χ3n) is 1.99. The highest BCUT2D eigenvalue weighted by molar-refractivity contribution is 9.10. The fourth-order valence-corrected chi connectivity index (χ4v) is 3.36. The molecule has 0 amide bonds. The van der Waals surface area contributed by atoms with E-state index in [9.17, 15) is 8.42 Å². The Labute approximate surface area is 75.9 Å². The number of sulfonamides is 1. The fourth-order valence-electron chi connectivity index (χ4n) is 1.38. The van der Waals surface area contributed by atoms with Gasteiger partial charge in [-0.15, -0.1) is 0 Å². The first-order valence-corrected chi connectivity index (χ1v) is 6.36. The third kappa shape index (κ3) is 1.95. The molecule has 1 saturated heterocycles. The van der Waals surface area contributed by atoms with Gasteiger partial charge in [0, 0.05) is 12.6 Å². The summed E-state index contributed by atoms with van der Waals surface area (Å²) in [5.41, 5.74) is 0. The largest absolute Gasteiger partial charge is 0.224 e. The molecule has 0 aromatic carbocycles. The zero-order valence-corrected chi connectivity index (χ0v) is 8.86. The summed E-state index contributed by atoms with van der Waals surface area (Å²) >= 11 is 2.98. The maximum atomic E-state index is 11.3. The second kappa shape index (κ2) is 3.41. The highest BCUT2D eigenvalue weighted by Crippen LogP contribution is 2.21. The van der Waals surface area contributed by atoms with Gasteiger partial charge in [-0.05, 0) is 19.8 Å². The number of halogens is 1. The topological polar surface area (TPSA) is 37.4 Å². The Balaban J connectivity index is 2.75. The van der Waals surface area contributed by atoms with Crippen molar-refractivity contribution in [2.24, 2.45) is 0 Å². The van der Waals surface area contributed by atoms with E-state index in [1.165, 1.54) is 0 Å². The molecule has 0 spiro atoms.